The van der Waals surface area contributed by atoms with Crippen molar-refractivity contribution >= 4 is 11.6 Å². The zero-order valence-corrected chi connectivity index (χ0v) is 19.8. The molecule has 3 aromatic heterocycles. The van der Waals surface area contributed by atoms with Crippen LogP contribution in [0.2, 0.25) is 0 Å². The Morgan fingerprint density at radius 2 is 2.03 bits per heavy atom. The first-order chi connectivity index (χ1) is 19.4. The van der Waals surface area contributed by atoms with Gasteiger partial charge in [0.2, 0.25) is 0 Å². The van der Waals surface area contributed by atoms with E-state index in [-0.39, 0.29) is 23.3 Å². The van der Waals surface area contributed by atoms with Crippen molar-refractivity contribution < 1.29 is 27.5 Å². The Bertz CT molecular complexity index is 1710. The van der Waals surface area contributed by atoms with Gasteiger partial charge in [-0.1, -0.05) is 6.07 Å². The van der Waals surface area contributed by atoms with Gasteiger partial charge in [-0.3, -0.25) is 4.79 Å². The zero-order chi connectivity index (χ0) is 28.8. The molecule has 1 fully saturated rings. The molecule has 4 heterocycles. The first kappa shape index (κ1) is 20.0. The third kappa shape index (κ3) is 3.26. The van der Waals surface area contributed by atoms with Gasteiger partial charge in [0.1, 0.15) is 11.6 Å². The fourth-order valence-electron chi connectivity index (χ4n) is 5.89. The summed E-state index contributed by atoms with van der Waals surface area (Å²) in [7, 11) is 0. The lowest BCUT2D eigenvalue weighted by Gasteiger charge is -2.40. The van der Waals surface area contributed by atoms with E-state index >= 15 is 0 Å². The standard InChI is InChI=1S/C26H23F2N7O3/c1-34-17-7-15(19-14(23(34)37)3-2-4-18(19)38-25(27)28)20-21(17)33-35-6-5-16(32-22(20)35)12-10-30-24(31-11-12)26(29)8-13(36)9-26/h2-6,10-11,13,15,17,25,36H,7-9,29H2,1H3/t13?,15-,17-,26?/m1/s1/i1D3. The van der Waals surface area contributed by atoms with Crippen molar-refractivity contribution in [2.75, 3.05) is 6.98 Å². The number of amides is 1. The second kappa shape index (κ2) is 7.98. The summed E-state index contributed by atoms with van der Waals surface area (Å²) in [5, 5.41) is 14.3. The molecule has 1 aromatic carbocycles. The quantitative estimate of drug-likeness (QED) is 0.418. The summed E-state index contributed by atoms with van der Waals surface area (Å²) in [5.41, 5.74) is 7.98. The summed E-state index contributed by atoms with van der Waals surface area (Å²) in [6.45, 7) is -5.97. The maximum atomic E-state index is 13.6. The van der Waals surface area contributed by atoms with Crippen LogP contribution in [0.15, 0.2) is 42.9 Å². The van der Waals surface area contributed by atoms with Crippen molar-refractivity contribution in [3.05, 3.63) is 71.1 Å². The van der Waals surface area contributed by atoms with E-state index in [4.69, 9.17) is 19.6 Å². The van der Waals surface area contributed by atoms with Gasteiger partial charge in [0.15, 0.2) is 5.65 Å². The number of carbonyl (C=O) groups excluding carboxylic acids is 1. The van der Waals surface area contributed by atoms with E-state index < -0.39 is 43.1 Å². The third-order valence-corrected chi connectivity index (χ3v) is 7.66. The smallest absolute Gasteiger partial charge is 0.387 e. The lowest BCUT2D eigenvalue weighted by Crippen LogP contribution is -2.52. The number of aromatic nitrogens is 5. The Kier molecular flexibility index (Phi) is 4.20. The van der Waals surface area contributed by atoms with Gasteiger partial charge >= 0.3 is 6.61 Å². The van der Waals surface area contributed by atoms with Crippen molar-refractivity contribution in [3.8, 4) is 17.0 Å². The highest BCUT2D eigenvalue weighted by Gasteiger charge is 2.47. The Balaban J connectivity index is 1.38. The monoisotopic (exact) mass is 522 g/mol. The van der Waals surface area contributed by atoms with Gasteiger partial charge in [0, 0.05) is 57.9 Å². The van der Waals surface area contributed by atoms with E-state index in [9.17, 15) is 18.7 Å². The Morgan fingerprint density at radius 3 is 2.74 bits per heavy atom. The number of fused-ring (bicyclic) bond motifs is 9. The molecule has 1 amide bonds. The minimum Gasteiger partial charge on any atom is -0.434 e. The van der Waals surface area contributed by atoms with Crippen molar-refractivity contribution in [2.24, 2.45) is 5.73 Å². The molecule has 0 spiro atoms. The van der Waals surface area contributed by atoms with Crippen molar-refractivity contribution in [1.29, 1.82) is 0 Å². The number of nitrogens with zero attached hydrogens (tertiary/aromatic N) is 6. The third-order valence-electron chi connectivity index (χ3n) is 7.66. The van der Waals surface area contributed by atoms with Crippen LogP contribution in [0.4, 0.5) is 8.78 Å². The molecule has 1 aliphatic heterocycles. The predicted octanol–water partition coefficient (Wildman–Crippen LogP) is 2.76. The highest BCUT2D eigenvalue weighted by Crippen LogP contribution is 2.53. The number of carbonyl (C=O) groups is 1. The van der Waals surface area contributed by atoms with Gasteiger partial charge < -0.3 is 20.5 Å². The van der Waals surface area contributed by atoms with Gasteiger partial charge in [-0.05, 0) is 37.5 Å². The molecule has 2 bridgehead atoms. The largest absolute Gasteiger partial charge is 0.434 e. The number of nitrogens with two attached hydrogens (primary N) is 1. The number of ether oxygens (including phenoxy) is 1. The van der Waals surface area contributed by atoms with Crippen LogP contribution >= 0.6 is 0 Å². The number of benzene rings is 1. The van der Waals surface area contributed by atoms with Crippen molar-refractivity contribution in [1.82, 2.24) is 29.5 Å². The molecular formula is C26H23F2N7O3. The van der Waals surface area contributed by atoms with Gasteiger partial charge in [-0.15, -0.1) is 0 Å². The molecule has 3 aliphatic rings. The van der Waals surface area contributed by atoms with E-state index in [1.807, 2.05) is 0 Å². The number of hydrogen-bond donors (Lipinski definition) is 2. The lowest BCUT2D eigenvalue weighted by atomic mass is 9.74. The molecule has 0 unspecified atom stereocenters. The van der Waals surface area contributed by atoms with Crippen LogP contribution in [0, 0.1) is 0 Å². The van der Waals surface area contributed by atoms with Crippen LogP contribution < -0.4 is 10.5 Å². The number of rotatable bonds is 4. The zero-order valence-electron chi connectivity index (χ0n) is 22.8. The predicted molar refractivity (Wildman–Crippen MR) is 129 cm³/mol. The molecule has 2 aliphatic carbocycles. The molecule has 2 atom stereocenters. The van der Waals surface area contributed by atoms with E-state index in [0.29, 0.717) is 46.8 Å². The fourth-order valence-corrected chi connectivity index (χ4v) is 5.89. The number of aliphatic hydroxyl groups excluding tert-OH is 1. The van der Waals surface area contributed by atoms with Crippen LogP contribution in [0.1, 0.15) is 68.3 Å². The maximum Gasteiger partial charge on any atom is 0.387 e. The van der Waals surface area contributed by atoms with Crippen molar-refractivity contribution in [3.63, 3.8) is 0 Å². The minimum absolute atomic E-state index is 0.0197. The van der Waals surface area contributed by atoms with Gasteiger partial charge in [-0.2, -0.15) is 13.9 Å². The number of alkyl halides is 2. The molecule has 1 saturated carbocycles. The van der Waals surface area contributed by atoms with Crippen LogP contribution in [-0.2, 0) is 5.54 Å². The fraction of sp³-hybridized carbons (Fsp3) is 0.346. The Labute approximate surface area is 219 Å². The van der Waals surface area contributed by atoms with Crippen LogP contribution in [0.3, 0.4) is 0 Å². The summed E-state index contributed by atoms with van der Waals surface area (Å²) < 4.78 is 57.5. The molecule has 194 valence electrons. The van der Waals surface area contributed by atoms with Gasteiger partial charge in [0.25, 0.3) is 5.91 Å². The van der Waals surface area contributed by atoms with E-state index in [1.54, 1.807) is 24.7 Å². The first-order valence-electron chi connectivity index (χ1n) is 13.5. The average Bonchev–Trinajstić information content (AvgIpc) is 3.39. The van der Waals surface area contributed by atoms with E-state index in [0.717, 1.165) is 4.90 Å². The Hall–Kier alpha value is -4.03. The normalized spacial score (nSPS) is 27.3. The molecule has 7 rings (SSSR count). The van der Waals surface area contributed by atoms with Crippen molar-refractivity contribution in [2.45, 2.75) is 49.5 Å². The van der Waals surface area contributed by atoms with Gasteiger partial charge in [-0.25, -0.2) is 19.5 Å². The molecule has 0 radical (unpaired) electrons. The summed E-state index contributed by atoms with van der Waals surface area (Å²) in [6.07, 6.45) is 5.19. The second-order valence-electron chi connectivity index (χ2n) is 9.97. The second-order valence-corrected chi connectivity index (χ2v) is 9.97. The summed E-state index contributed by atoms with van der Waals surface area (Å²) >= 11 is 0. The van der Waals surface area contributed by atoms with Crippen LogP contribution in [0.25, 0.3) is 16.9 Å². The van der Waals surface area contributed by atoms with E-state index in [1.165, 1.54) is 22.7 Å². The molecule has 38 heavy (non-hydrogen) atoms. The lowest BCUT2D eigenvalue weighted by molar-refractivity contribution is -0.0505. The molecule has 3 N–H and O–H groups in total. The summed E-state index contributed by atoms with van der Waals surface area (Å²) in [5.74, 6) is -1.28. The summed E-state index contributed by atoms with van der Waals surface area (Å²) in [4.78, 5) is 27.9. The number of aliphatic hydroxyl groups is 1. The first-order valence-corrected chi connectivity index (χ1v) is 12.0. The number of hydrogen-bond acceptors (Lipinski definition) is 8. The highest BCUT2D eigenvalue weighted by molar-refractivity contribution is 5.98. The average molecular weight is 523 g/mol. The molecule has 0 saturated heterocycles. The topological polar surface area (TPSA) is 132 Å². The van der Waals surface area contributed by atoms with Crippen LogP contribution in [-0.4, -0.2) is 60.2 Å². The SMILES string of the molecule is [2H]C([2H])([2H])N1C(=O)c2cccc(OC(F)F)c2[C@H]2C[C@@H]1c1nn3ccc(-c4cnc(C5(N)CC(O)C5)nc4)nc3c12. The number of halogens is 2. The molecule has 10 nitrogen and oxygen atoms in total. The maximum absolute atomic E-state index is 13.6. The minimum atomic E-state index is -3.15. The van der Waals surface area contributed by atoms with Gasteiger partial charge in [0.05, 0.1) is 29.1 Å². The molecular weight excluding hydrogens is 496 g/mol. The van der Waals surface area contributed by atoms with Crippen LogP contribution in [0.5, 0.6) is 5.75 Å². The molecule has 12 heteroatoms. The summed E-state index contributed by atoms with van der Waals surface area (Å²) in [6, 6.07) is 4.90. The molecule has 4 aromatic rings. The highest BCUT2D eigenvalue weighted by atomic mass is 19.3. The van der Waals surface area contributed by atoms with E-state index in [2.05, 4.69) is 15.1 Å². The Morgan fingerprint density at radius 1 is 1.24 bits per heavy atom.